The number of carbonyl (C=O) groups excluding carboxylic acids is 1. The maximum Gasteiger partial charge on any atom is 0.407 e. The van der Waals surface area contributed by atoms with Crippen LogP contribution in [0.4, 0.5) is 10.5 Å². The van der Waals surface area contributed by atoms with Crippen LogP contribution in [-0.2, 0) is 10.3 Å². The lowest BCUT2D eigenvalue weighted by Crippen LogP contribution is -2.46. The van der Waals surface area contributed by atoms with Crippen LogP contribution in [0, 0.1) is 10.1 Å². The first kappa shape index (κ1) is 16.9. The van der Waals surface area contributed by atoms with Crippen molar-refractivity contribution in [3.63, 3.8) is 0 Å². The summed E-state index contributed by atoms with van der Waals surface area (Å²) in [5, 5.41) is 17.4. The number of ether oxygens (including phenoxy) is 1. The molecule has 0 bridgehead atoms. The Labute approximate surface area is 123 Å². The molecule has 0 spiro atoms. The molecule has 0 aliphatic carbocycles. The van der Waals surface area contributed by atoms with Gasteiger partial charge in [0.1, 0.15) is 18.5 Å². The third kappa shape index (κ3) is 4.44. The minimum Gasteiger partial charge on any atom is -0.444 e. The van der Waals surface area contributed by atoms with Crippen LogP contribution in [0.3, 0.4) is 0 Å². The summed E-state index contributed by atoms with van der Waals surface area (Å²) >= 11 is 0. The quantitative estimate of drug-likeness (QED) is 0.679. The number of carbonyl (C=O) groups is 1. The SMILES string of the molecule is CC(OC(=O)NC(C)(C)C)C(C)(C)n1cc([N+](=O)[O-])cn1. The van der Waals surface area contributed by atoms with Gasteiger partial charge in [-0.25, -0.2) is 4.79 Å². The molecule has 0 fully saturated rings. The zero-order valence-corrected chi connectivity index (χ0v) is 13.2. The first-order valence-electron chi connectivity index (χ1n) is 6.62. The topological polar surface area (TPSA) is 99.3 Å². The van der Waals surface area contributed by atoms with Gasteiger partial charge in [-0.05, 0) is 41.5 Å². The number of rotatable bonds is 4. The minimum absolute atomic E-state index is 0.102. The van der Waals surface area contributed by atoms with E-state index in [9.17, 15) is 14.9 Å². The van der Waals surface area contributed by atoms with Crippen LogP contribution in [0.25, 0.3) is 0 Å². The predicted molar refractivity (Wildman–Crippen MR) is 77.0 cm³/mol. The lowest BCUT2D eigenvalue weighted by Gasteiger charge is -2.32. The van der Waals surface area contributed by atoms with Gasteiger partial charge in [-0.15, -0.1) is 0 Å². The van der Waals surface area contributed by atoms with Crippen LogP contribution >= 0.6 is 0 Å². The molecule has 0 aliphatic heterocycles. The van der Waals surface area contributed by atoms with Crippen molar-refractivity contribution in [3.8, 4) is 0 Å². The van der Waals surface area contributed by atoms with Crippen molar-refractivity contribution in [2.75, 3.05) is 0 Å². The largest absolute Gasteiger partial charge is 0.444 e. The standard InChI is InChI=1S/C13H22N4O4/c1-9(21-11(18)15-12(2,3)4)13(5,6)16-8-10(7-14-16)17(19)20/h7-9H,1-6H3,(H,15,18). The molecule has 1 aromatic rings. The fourth-order valence-corrected chi connectivity index (χ4v) is 1.55. The zero-order chi connectivity index (χ0) is 16.4. The van der Waals surface area contributed by atoms with Crippen molar-refractivity contribution < 1.29 is 14.5 Å². The molecule has 1 heterocycles. The Morgan fingerprint density at radius 2 is 2.00 bits per heavy atom. The molecule has 118 valence electrons. The highest BCUT2D eigenvalue weighted by atomic mass is 16.6. The summed E-state index contributed by atoms with van der Waals surface area (Å²) in [6, 6.07) is 0. The first-order valence-corrected chi connectivity index (χ1v) is 6.62. The van der Waals surface area contributed by atoms with E-state index in [-0.39, 0.29) is 5.69 Å². The molecule has 0 aromatic carbocycles. The van der Waals surface area contributed by atoms with Crippen LogP contribution in [0.1, 0.15) is 41.5 Å². The predicted octanol–water partition coefficient (Wildman–Crippen LogP) is 2.44. The Hall–Kier alpha value is -2.12. The Bertz CT molecular complexity index is 531. The number of amides is 1. The lowest BCUT2D eigenvalue weighted by molar-refractivity contribution is -0.385. The lowest BCUT2D eigenvalue weighted by atomic mass is 9.99. The summed E-state index contributed by atoms with van der Waals surface area (Å²) in [6.07, 6.45) is 1.43. The number of hydrogen-bond donors (Lipinski definition) is 1. The van der Waals surface area contributed by atoms with Gasteiger partial charge in [-0.1, -0.05) is 0 Å². The molecule has 0 radical (unpaired) electrons. The van der Waals surface area contributed by atoms with E-state index in [0.717, 1.165) is 0 Å². The molecule has 1 N–H and O–H groups in total. The Morgan fingerprint density at radius 3 is 2.43 bits per heavy atom. The normalized spacial score (nSPS) is 13.6. The molecule has 0 saturated heterocycles. The first-order chi connectivity index (χ1) is 9.43. The van der Waals surface area contributed by atoms with Gasteiger partial charge >= 0.3 is 11.8 Å². The van der Waals surface area contributed by atoms with Crippen molar-refractivity contribution in [2.24, 2.45) is 0 Å². The second kappa shape index (κ2) is 5.71. The van der Waals surface area contributed by atoms with Gasteiger partial charge in [0.2, 0.25) is 0 Å². The van der Waals surface area contributed by atoms with E-state index < -0.39 is 28.2 Å². The van der Waals surface area contributed by atoms with Crippen LogP contribution in [0.5, 0.6) is 0 Å². The summed E-state index contributed by atoms with van der Waals surface area (Å²) in [7, 11) is 0. The fraction of sp³-hybridized carbons (Fsp3) is 0.692. The van der Waals surface area contributed by atoms with E-state index in [1.54, 1.807) is 20.8 Å². The average Bonchev–Trinajstić information content (AvgIpc) is 2.75. The molecule has 0 aliphatic rings. The fourth-order valence-electron chi connectivity index (χ4n) is 1.55. The van der Waals surface area contributed by atoms with Crippen molar-refractivity contribution >= 4 is 11.8 Å². The zero-order valence-electron chi connectivity index (χ0n) is 13.2. The molecule has 0 saturated carbocycles. The van der Waals surface area contributed by atoms with Gasteiger partial charge in [0.05, 0.1) is 10.5 Å². The van der Waals surface area contributed by atoms with E-state index in [0.29, 0.717) is 0 Å². The molecule has 8 heteroatoms. The van der Waals surface area contributed by atoms with Crippen molar-refractivity contribution in [2.45, 2.75) is 58.7 Å². The van der Waals surface area contributed by atoms with Crippen LogP contribution in [0.2, 0.25) is 0 Å². The molecule has 21 heavy (non-hydrogen) atoms. The van der Waals surface area contributed by atoms with Gasteiger partial charge in [-0.2, -0.15) is 5.10 Å². The number of nitrogens with one attached hydrogen (secondary N) is 1. The molecule has 1 aromatic heterocycles. The van der Waals surface area contributed by atoms with E-state index in [4.69, 9.17) is 4.74 Å². The van der Waals surface area contributed by atoms with E-state index >= 15 is 0 Å². The van der Waals surface area contributed by atoms with Crippen LogP contribution in [-0.4, -0.2) is 32.4 Å². The van der Waals surface area contributed by atoms with Crippen LogP contribution < -0.4 is 5.32 Å². The molecule has 1 atom stereocenters. The highest BCUT2D eigenvalue weighted by Gasteiger charge is 2.33. The number of alkyl carbamates (subject to hydrolysis) is 1. The molecule has 1 rings (SSSR count). The summed E-state index contributed by atoms with van der Waals surface area (Å²) in [5.74, 6) is 0. The van der Waals surface area contributed by atoms with Crippen molar-refractivity contribution in [1.82, 2.24) is 15.1 Å². The molecular weight excluding hydrogens is 276 g/mol. The van der Waals surface area contributed by atoms with E-state index in [1.165, 1.54) is 17.1 Å². The maximum absolute atomic E-state index is 11.8. The van der Waals surface area contributed by atoms with E-state index in [1.807, 2.05) is 20.8 Å². The van der Waals surface area contributed by atoms with Gasteiger partial charge in [0.15, 0.2) is 0 Å². The Morgan fingerprint density at radius 1 is 1.43 bits per heavy atom. The average molecular weight is 298 g/mol. The van der Waals surface area contributed by atoms with Gasteiger partial charge in [-0.3, -0.25) is 14.8 Å². The Kier molecular flexibility index (Phi) is 4.60. The molecule has 1 amide bonds. The van der Waals surface area contributed by atoms with Gasteiger partial charge in [0.25, 0.3) is 0 Å². The van der Waals surface area contributed by atoms with E-state index in [2.05, 4.69) is 10.4 Å². The number of nitro groups is 1. The van der Waals surface area contributed by atoms with Crippen LogP contribution in [0.15, 0.2) is 12.4 Å². The maximum atomic E-state index is 11.8. The van der Waals surface area contributed by atoms with Crippen molar-refractivity contribution in [1.29, 1.82) is 0 Å². The molecular formula is C13H22N4O4. The summed E-state index contributed by atoms with van der Waals surface area (Å²) in [5.41, 5.74) is -1.22. The minimum atomic E-state index is -0.719. The second-order valence-electron chi connectivity index (χ2n) is 6.48. The highest BCUT2D eigenvalue weighted by molar-refractivity contribution is 5.68. The number of aromatic nitrogens is 2. The monoisotopic (exact) mass is 298 g/mol. The van der Waals surface area contributed by atoms with Gasteiger partial charge < -0.3 is 10.1 Å². The van der Waals surface area contributed by atoms with Gasteiger partial charge in [0, 0.05) is 5.54 Å². The third-order valence-electron chi connectivity index (χ3n) is 3.13. The molecule has 1 unspecified atom stereocenters. The second-order valence-corrected chi connectivity index (χ2v) is 6.48. The summed E-state index contributed by atoms with van der Waals surface area (Å²) < 4.78 is 6.77. The highest BCUT2D eigenvalue weighted by Crippen LogP contribution is 2.24. The Balaban J connectivity index is 2.81. The molecule has 8 nitrogen and oxygen atoms in total. The van der Waals surface area contributed by atoms with Crippen molar-refractivity contribution in [3.05, 3.63) is 22.5 Å². The number of hydrogen-bond acceptors (Lipinski definition) is 5. The smallest absolute Gasteiger partial charge is 0.407 e. The number of nitrogens with zero attached hydrogens (tertiary/aromatic N) is 3. The summed E-state index contributed by atoms with van der Waals surface area (Å²) in [4.78, 5) is 22.0. The summed E-state index contributed by atoms with van der Waals surface area (Å²) in [6.45, 7) is 10.8. The third-order valence-corrected chi connectivity index (χ3v) is 3.13.